The normalized spacial score (nSPS) is 15.6. The molecule has 13 heteroatoms. The number of anilines is 2. The first kappa shape index (κ1) is 28.7. The number of fused-ring (bicyclic) bond motifs is 1. The van der Waals surface area contributed by atoms with E-state index in [0.29, 0.717) is 47.1 Å². The van der Waals surface area contributed by atoms with E-state index in [-0.39, 0.29) is 40.3 Å². The smallest absolute Gasteiger partial charge is 0.339 e. The van der Waals surface area contributed by atoms with Crippen LogP contribution in [0.3, 0.4) is 0 Å². The van der Waals surface area contributed by atoms with Crippen molar-refractivity contribution in [1.29, 1.82) is 0 Å². The van der Waals surface area contributed by atoms with Crippen LogP contribution >= 0.6 is 23.2 Å². The molecule has 4 aromatic rings. The lowest BCUT2D eigenvalue weighted by atomic mass is 10.0. The Kier molecular flexibility index (Phi) is 8.12. The highest BCUT2D eigenvalue weighted by Gasteiger charge is 2.28. The molecule has 5 rings (SSSR count). The van der Waals surface area contributed by atoms with Gasteiger partial charge in [0.25, 0.3) is 10.0 Å². The zero-order chi connectivity index (χ0) is 29.3. The van der Waals surface area contributed by atoms with Crippen LogP contribution in [0.25, 0.3) is 11.0 Å². The van der Waals surface area contributed by atoms with Gasteiger partial charge in [-0.2, -0.15) is 0 Å². The summed E-state index contributed by atoms with van der Waals surface area (Å²) in [5, 5.41) is 17.5. The van der Waals surface area contributed by atoms with Gasteiger partial charge in [-0.05, 0) is 56.2 Å². The quantitative estimate of drug-likeness (QED) is 0.249. The fourth-order valence-electron chi connectivity index (χ4n) is 4.87. The van der Waals surface area contributed by atoms with E-state index in [0.717, 1.165) is 15.7 Å². The molecule has 0 spiro atoms. The maximum absolute atomic E-state index is 13.4. The fraction of sp³-hybridized carbons (Fsp3) is 0.250. The lowest BCUT2D eigenvalue weighted by Crippen LogP contribution is -2.47. The van der Waals surface area contributed by atoms with Gasteiger partial charge in [0.2, 0.25) is 5.91 Å². The number of carbonyl (C=O) groups is 2. The molecule has 2 aromatic carbocycles. The monoisotopic (exact) mass is 615 g/mol. The highest BCUT2D eigenvalue weighted by Crippen LogP contribution is 2.31. The van der Waals surface area contributed by atoms with Crippen molar-refractivity contribution in [3.63, 3.8) is 0 Å². The molecule has 3 N–H and O–H groups in total. The van der Waals surface area contributed by atoms with Crippen LogP contribution in [0.15, 0.2) is 65.8 Å². The Labute approximate surface area is 246 Å². The summed E-state index contributed by atoms with van der Waals surface area (Å²) in [7, 11) is -3.97. The Morgan fingerprint density at radius 1 is 1.10 bits per heavy atom. The topological polar surface area (TPSA) is 134 Å². The summed E-state index contributed by atoms with van der Waals surface area (Å²) in [6, 6.07) is 12.7. The van der Waals surface area contributed by atoms with E-state index >= 15 is 0 Å². The van der Waals surface area contributed by atoms with Crippen molar-refractivity contribution in [2.75, 3.05) is 30.3 Å². The van der Waals surface area contributed by atoms with Gasteiger partial charge in [-0.3, -0.25) is 4.79 Å². The predicted octanol–water partition coefficient (Wildman–Crippen LogP) is 5.10. The molecule has 1 aliphatic rings. The summed E-state index contributed by atoms with van der Waals surface area (Å²) >= 11 is 12.1. The molecule has 10 nitrogen and oxygen atoms in total. The number of hydrogen-bond acceptors (Lipinski definition) is 7. The van der Waals surface area contributed by atoms with Gasteiger partial charge in [0.15, 0.2) is 5.65 Å². The highest BCUT2D eigenvalue weighted by molar-refractivity contribution is 7.90. The van der Waals surface area contributed by atoms with Crippen LogP contribution in [-0.4, -0.2) is 64.9 Å². The molecule has 0 aliphatic carbocycles. The molecular formula is C28H27Cl2N5O5S. The number of carboxylic acid groups (broad SMARTS) is 1. The van der Waals surface area contributed by atoms with E-state index in [2.05, 4.69) is 15.6 Å². The Balaban J connectivity index is 1.38. The van der Waals surface area contributed by atoms with Crippen LogP contribution in [0.1, 0.15) is 28.8 Å². The van der Waals surface area contributed by atoms with Crippen LogP contribution in [0.4, 0.5) is 11.4 Å². The number of aryl methyl sites for hydroxylation is 1. The number of aromatic nitrogens is 2. The highest BCUT2D eigenvalue weighted by atomic mass is 35.5. The summed E-state index contributed by atoms with van der Waals surface area (Å²) < 4.78 is 27.8. The van der Waals surface area contributed by atoms with Gasteiger partial charge in [-0.15, -0.1) is 0 Å². The third-order valence-electron chi connectivity index (χ3n) is 6.92. The minimum atomic E-state index is -3.97. The SMILES string of the molecule is Cc1ccc(S(=O)(=O)n2ccc3c(N[C@@H]4CCCN(C(=O)CNc5cc(Cl)cc(Cl)c5)C4)c(C(=O)O)cnc32)cc1. The molecule has 0 unspecified atom stereocenters. The molecule has 1 saturated heterocycles. The Morgan fingerprint density at radius 2 is 1.80 bits per heavy atom. The Hall–Kier alpha value is -3.80. The summed E-state index contributed by atoms with van der Waals surface area (Å²) in [5.74, 6) is -1.34. The number of carbonyl (C=O) groups excluding carboxylic acids is 1. The van der Waals surface area contributed by atoms with Gasteiger partial charge in [-0.1, -0.05) is 40.9 Å². The predicted molar refractivity (Wildman–Crippen MR) is 159 cm³/mol. The van der Waals surface area contributed by atoms with Crippen LogP contribution < -0.4 is 10.6 Å². The third-order valence-corrected chi connectivity index (χ3v) is 9.03. The van der Waals surface area contributed by atoms with E-state index in [4.69, 9.17) is 23.2 Å². The number of piperidine rings is 1. The molecule has 214 valence electrons. The first-order chi connectivity index (χ1) is 19.5. The average molecular weight is 617 g/mol. The molecular weight excluding hydrogens is 589 g/mol. The van der Waals surface area contributed by atoms with Gasteiger partial charge < -0.3 is 20.6 Å². The van der Waals surface area contributed by atoms with Gasteiger partial charge in [0.1, 0.15) is 5.56 Å². The maximum Gasteiger partial charge on any atom is 0.339 e. The summed E-state index contributed by atoms with van der Waals surface area (Å²) in [4.78, 5) is 31.1. The molecule has 0 bridgehead atoms. The lowest BCUT2D eigenvalue weighted by Gasteiger charge is -2.34. The number of pyridine rings is 1. The molecule has 1 amide bonds. The number of nitrogens with zero attached hydrogens (tertiary/aromatic N) is 3. The van der Waals surface area contributed by atoms with Crippen LogP contribution in [0.2, 0.25) is 10.0 Å². The molecule has 2 aromatic heterocycles. The first-order valence-corrected chi connectivity index (χ1v) is 15.0. The number of likely N-dealkylation sites (tertiary alicyclic amines) is 1. The van der Waals surface area contributed by atoms with Gasteiger partial charge in [0, 0.05) is 52.6 Å². The number of nitrogens with one attached hydrogen (secondary N) is 2. The average Bonchev–Trinajstić information content (AvgIpc) is 3.37. The van der Waals surface area contributed by atoms with E-state index in [1.54, 1.807) is 35.2 Å². The molecule has 1 atom stereocenters. The van der Waals surface area contributed by atoms with Crippen LogP contribution in [-0.2, 0) is 14.8 Å². The van der Waals surface area contributed by atoms with Crippen LogP contribution in [0.5, 0.6) is 0 Å². The molecule has 0 radical (unpaired) electrons. The number of benzene rings is 2. The van der Waals surface area contributed by atoms with Crippen molar-refractivity contribution < 1.29 is 23.1 Å². The van der Waals surface area contributed by atoms with Gasteiger partial charge in [0.05, 0.1) is 17.1 Å². The number of carboxylic acids is 1. The van der Waals surface area contributed by atoms with E-state index in [1.807, 2.05) is 6.92 Å². The maximum atomic E-state index is 13.4. The lowest BCUT2D eigenvalue weighted by molar-refractivity contribution is -0.130. The minimum Gasteiger partial charge on any atom is -0.478 e. The molecule has 41 heavy (non-hydrogen) atoms. The van der Waals surface area contributed by atoms with E-state index in [9.17, 15) is 23.1 Å². The number of rotatable bonds is 8. The third kappa shape index (κ3) is 6.12. The zero-order valence-electron chi connectivity index (χ0n) is 22.0. The second kappa shape index (κ2) is 11.6. The Bertz CT molecular complexity index is 1720. The first-order valence-electron chi connectivity index (χ1n) is 12.8. The van der Waals surface area contributed by atoms with Gasteiger partial charge in [-0.25, -0.2) is 22.2 Å². The minimum absolute atomic E-state index is 0.0307. The Morgan fingerprint density at radius 3 is 2.49 bits per heavy atom. The molecule has 3 heterocycles. The molecule has 0 saturated carbocycles. The van der Waals surface area contributed by atoms with Crippen molar-refractivity contribution in [3.05, 3.63) is 82.1 Å². The largest absolute Gasteiger partial charge is 0.478 e. The second-order valence-corrected chi connectivity index (χ2v) is 12.5. The fourth-order valence-corrected chi connectivity index (χ4v) is 6.70. The van der Waals surface area contributed by atoms with E-state index in [1.165, 1.54) is 24.4 Å². The second-order valence-electron chi connectivity index (χ2n) is 9.85. The summed E-state index contributed by atoms with van der Waals surface area (Å²) in [5.41, 5.74) is 1.81. The standard InChI is InChI=1S/C28H27Cl2N5O5S/c1-17-4-6-22(7-5-17)41(39,40)35-10-8-23-26(24(28(37)38)14-32-27(23)35)33-20-3-2-9-34(16-20)25(36)15-31-21-12-18(29)11-19(30)13-21/h4-8,10-14,20,31H,2-3,9,15-16H2,1H3,(H,32,33)(H,37,38)/t20-/m1/s1. The molecule has 1 fully saturated rings. The number of hydrogen-bond donors (Lipinski definition) is 3. The summed E-state index contributed by atoms with van der Waals surface area (Å²) in [6.45, 7) is 2.78. The number of amides is 1. The number of aromatic carboxylic acids is 1. The van der Waals surface area contributed by atoms with Crippen molar-refractivity contribution >= 4 is 67.5 Å². The van der Waals surface area contributed by atoms with Crippen molar-refractivity contribution in [2.45, 2.75) is 30.7 Å². The van der Waals surface area contributed by atoms with Crippen molar-refractivity contribution in [2.24, 2.45) is 0 Å². The zero-order valence-corrected chi connectivity index (χ0v) is 24.3. The van der Waals surface area contributed by atoms with Crippen molar-refractivity contribution in [1.82, 2.24) is 13.9 Å². The van der Waals surface area contributed by atoms with Gasteiger partial charge >= 0.3 is 5.97 Å². The summed E-state index contributed by atoms with van der Waals surface area (Å²) in [6.07, 6.45) is 3.91. The number of halogens is 2. The van der Waals surface area contributed by atoms with E-state index < -0.39 is 16.0 Å². The van der Waals surface area contributed by atoms with Crippen molar-refractivity contribution in [3.8, 4) is 0 Å². The molecule has 1 aliphatic heterocycles. The van der Waals surface area contributed by atoms with Crippen LogP contribution in [0, 0.1) is 6.92 Å².